The highest BCUT2D eigenvalue weighted by Crippen LogP contribution is 2.29. The topological polar surface area (TPSA) is 48.3 Å². The van der Waals surface area contributed by atoms with Gasteiger partial charge in [0.05, 0.1) is 26.5 Å². The number of benzene rings is 1. The summed E-state index contributed by atoms with van der Waals surface area (Å²) in [4.78, 5) is 0. The van der Waals surface area contributed by atoms with Gasteiger partial charge in [-0.3, -0.25) is 4.68 Å². The predicted octanol–water partition coefficient (Wildman–Crippen LogP) is 3.09. The van der Waals surface area contributed by atoms with E-state index >= 15 is 0 Å². The monoisotopic (exact) mass is 275 g/mol. The van der Waals surface area contributed by atoms with Gasteiger partial charge in [0.2, 0.25) is 0 Å². The maximum atomic E-state index is 5.28. The Morgan fingerprint density at radius 1 is 1.15 bits per heavy atom. The second-order valence-electron chi connectivity index (χ2n) is 4.80. The summed E-state index contributed by atoms with van der Waals surface area (Å²) in [7, 11) is 3.26. The van der Waals surface area contributed by atoms with Crippen LogP contribution in [0.1, 0.15) is 25.6 Å². The highest BCUT2D eigenvalue weighted by atomic mass is 16.5. The van der Waals surface area contributed by atoms with E-state index in [2.05, 4.69) is 24.3 Å². The molecule has 0 spiro atoms. The first-order valence-electron chi connectivity index (χ1n) is 6.64. The van der Waals surface area contributed by atoms with E-state index in [9.17, 15) is 0 Å². The van der Waals surface area contributed by atoms with Gasteiger partial charge in [-0.25, -0.2) is 0 Å². The first kappa shape index (κ1) is 14.2. The van der Waals surface area contributed by atoms with Crippen LogP contribution in [0, 0.1) is 0 Å². The zero-order valence-electron chi connectivity index (χ0n) is 12.4. The van der Waals surface area contributed by atoms with Crippen LogP contribution in [0.4, 0.5) is 5.69 Å². The second kappa shape index (κ2) is 6.32. The van der Waals surface area contributed by atoms with Gasteiger partial charge in [0.1, 0.15) is 0 Å². The molecule has 2 rings (SSSR count). The summed E-state index contributed by atoms with van der Waals surface area (Å²) in [6.07, 6.45) is 2.00. The molecule has 0 bridgehead atoms. The standard InChI is InChI=1S/C15H21N3O2/c1-11(2)18-8-7-13(17-18)10-16-12-5-6-14(19-3)15(9-12)20-4/h5-9,11,16H,10H2,1-4H3. The average molecular weight is 275 g/mol. The molecule has 0 aliphatic carbocycles. The summed E-state index contributed by atoms with van der Waals surface area (Å²) in [5.74, 6) is 1.44. The molecule has 0 aliphatic heterocycles. The third-order valence-electron chi connectivity index (χ3n) is 3.05. The van der Waals surface area contributed by atoms with Gasteiger partial charge in [-0.05, 0) is 32.0 Å². The van der Waals surface area contributed by atoms with E-state index in [1.165, 1.54) is 0 Å². The fourth-order valence-corrected chi connectivity index (χ4v) is 1.90. The molecule has 0 amide bonds. The quantitative estimate of drug-likeness (QED) is 0.880. The van der Waals surface area contributed by atoms with Crippen LogP contribution in [0.2, 0.25) is 0 Å². The number of aromatic nitrogens is 2. The molecular weight excluding hydrogens is 254 g/mol. The molecule has 20 heavy (non-hydrogen) atoms. The Morgan fingerprint density at radius 3 is 2.50 bits per heavy atom. The molecule has 5 heteroatoms. The van der Waals surface area contributed by atoms with Crippen molar-refractivity contribution in [2.75, 3.05) is 19.5 Å². The average Bonchev–Trinajstić information content (AvgIpc) is 2.94. The molecule has 0 saturated heterocycles. The van der Waals surface area contributed by atoms with E-state index in [-0.39, 0.29) is 0 Å². The van der Waals surface area contributed by atoms with Gasteiger partial charge in [0.15, 0.2) is 11.5 Å². The number of methoxy groups -OCH3 is 2. The summed E-state index contributed by atoms with van der Waals surface area (Å²) in [6, 6.07) is 8.16. The number of hydrogen-bond donors (Lipinski definition) is 1. The van der Waals surface area contributed by atoms with E-state index in [0.29, 0.717) is 18.3 Å². The van der Waals surface area contributed by atoms with Gasteiger partial charge in [-0.2, -0.15) is 5.10 Å². The van der Waals surface area contributed by atoms with E-state index in [1.807, 2.05) is 35.1 Å². The van der Waals surface area contributed by atoms with Crippen molar-refractivity contribution < 1.29 is 9.47 Å². The fraction of sp³-hybridized carbons (Fsp3) is 0.400. The van der Waals surface area contributed by atoms with Crippen molar-refractivity contribution in [1.82, 2.24) is 9.78 Å². The van der Waals surface area contributed by atoms with Crippen molar-refractivity contribution in [2.45, 2.75) is 26.4 Å². The molecule has 0 saturated carbocycles. The Kier molecular flexibility index (Phi) is 4.50. The normalized spacial score (nSPS) is 10.7. The van der Waals surface area contributed by atoms with Gasteiger partial charge in [-0.1, -0.05) is 0 Å². The van der Waals surface area contributed by atoms with Crippen molar-refractivity contribution in [2.24, 2.45) is 0 Å². The van der Waals surface area contributed by atoms with E-state index in [4.69, 9.17) is 9.47 Å². The fourth-order valence-electron chi connectivity index (χ4n) is 1.90. The molecule has 0 aliphatic rings. The molecule has 108 valence electrons. The summed E-state index contributed by atoms with van der Waals surface area (Å²) < 4.78 is 12.4. The molecule has 5 nitrogen and oxygen atoms in total. The first-order chi connectivity index (χ1) is 9.63. The lowest BCUT2D eigenvalue weighted by Gasteiger charge is -2.10. The Labute approximate surface area is 119 Å². The number of rotatable bonds is 6. The van der Waals surface area contributed by atoms with Crippen molar-refractivity contribution in [3.05, 3.63) is 36.2 Å². The summed E-state index contributed by atoms with van der Waals surface area (Å²) in [5, 5.41) is 7.83. The Morgan fingerprint density at radius 2 is 1.90 bits per heavy atom. The summed E-state index contributed by atoms with van der Waals surface area (Å²) >= 11 is 0. The molecule has 0 radical (unpaired) electrons. The van der Waals surface area contributed by atoms with Crippen molar-refractivity contribution in [3.8, 4) is 11.5 Å². The molecule has 0 fully saturated rings. The molecule has 2 aromatic rings. The van der Waals surface area contributed by atoms with Crippen molar-refractivity contribution >= 4 is 5.69 Å². The second-order valence-corrected chi connectivity index (χ2v) is 4.80. The minimum Gasteiger partial charge on any atom is -0.493 e. The molecule has 0 atom stereocenters. The number of ether oxygens (including phenoxy) is 2. The minimum absolute atomic E-state index is 0.379. The molecule has 1 aromatic heterocycles. The Bertz CT molecular complexity index is 564. The van der Waals surface area contributed by atoms with Gasteiger partial charge in [-0.15, -0.1) is 0 Å². The van der Waals surface area contributed by atoms with Crippen LogP contribution in [-0.2, 0) is 6.54 Å². The maximum absolute atomic E-state index is 5.28. The molecule has 1 aromatic carbocycles. The Hall–Kier alpha value is -2.17. The van der Waals surface area contributed by atoms with Crippen LogP contribution in [0.5, 0.6) is 11.5 Å². The van der Waals surface area contributed by atoms with Crippen LogP contribution in [0.3, 0.4) is 0 Å². The number of nitrogens with one attached hydrogen (secondary N) is 1. The summed E-state index contributed by atoms with van der Waals surface area (Å²) in [5.41, 5.74) is 1.98. The lowest BCUT2D eigenvalue weighted by atomic mass is 10.2. The number of anilines is 1. The zero-order valence-corrected chi connectivity index (χ0v) is 12.4. The first-order valence-corrected chi connectivity index (χ1v) is 6.64. The molecular formula is C15H21N3O2. The van der Waals surface area contributed by atoms with Crippen LogP contribution in [0.15, 0.2) is 30.5 Å². The van der Waals surface area contributed by atoms with Crippen LogP contribution in [0.25, 0.3) is 0 Å². The number of hydrogen-bond acceptors (Lipinski definition) is 4. The largest absolute Gasteiger partial charge is 0.493 e. The van der Waals surface area contributed by atoms with Gasteiger partial charge >= 0.3 is 0 Å². The van der Waals surface area contributed by atoms with Crippen LogP contribution >= 0.6 is 0 Å². The van der Waals surface area contributed by atoms with E-state index in [1.54, 1.807) is 14.2 Å². The highest BCUT2D eigenvalue weighted by molar-refractivity contribution is 5.54. The third-order valence-corrected chi connectivity index (χ3v) is 3.05. The smallest absolute Gasteiger partial charge is 0.162 e. The van der Waals surface area contributed by atoms with Gasteiger partial charge in [0.25, 0.3) is 0 Å². The molecule has 1 N–H and O–H groups in total. The Balaban J connectivity index is 2.03. The van der Waals surface area contributed by atoms with Crippen molar-refractivity contribution in [1.29, 1.82) is 0 Å². The van der Waals surface area contributed by atoms with Gasteiger partial charge in [0, 0.05) is 24.0 Å². The van der Waals surface area contributed by atoms with Crippen molar-refractivity contribution in [3.63, 3.8) is 0 Å². The minimum atomic E-state index is 0.379. The van der Waals surface area contributed by atoms with Crippen LogP contribution < -0.4 is 14.8 Å². The molecule has 1 heterocycles. The lowest BCUT2D eigenvalue weighted by molar-refractivity contribution is 0.355. The number of nitrogens with zero attached hydrogens (tertiary/aromatic N) is 2. The molecule has 0 unspecified atom stereocenters. The maximum Gasteiger partial charge on any atom is 0.162 e. The SMILES string of the molecule is COc1ccc(NCc2ccn(C(C)C)n2)cc1OC. The van der Waals surface area contributed by atoms with Crippen LogP contribution in [-0.4, -0.2) is 24.0 Å². The van der Waals surface area contributed by atoms with Gasteiger partial charge < -0.3 is 14.8 Å². The predicted molar refractivity (Wildman–Crippen MR) is 79.5 cm³/mol. The lowest BCUT2D eigenvalue weighted by Crippen LogP contribution is -2.05. The highest BCUT2D eigenvalue weighted by Gasteiger charge is 2.05. The zero-order chi connectivity index (χ0) is 14.5. The van der Waals surface area contributed by atoms with E-state index in [0.717, 1.165) is 17.1 Å². The van der Waals surface area contributed by atoms with E-state index < -0.39 is 0 Å². The summed E-state index contributed by atoms with van der Waals surface area (Å²) in [6.45, 7) is 4.90. The third kappa shape index (κ3) is 3.23.